The Balaban J connectivity index is 1.66. The maximum atomic E-state index is 13.5. The van der Waals surface area contributed by atoms with Crippen LogP contribution >= 0.6 is 11.3 Å². The molecule has 3 rings (SSSR count). The molecule has 24 heavy (non-hydrogen) atoms. The number of amides is 1. The van der Waals surface area contributed by atoms with Crippen LogP contribution in [0.25, 0.3) is 0 Å². The number of rotatable bonds is 5. The van der Waals surface area contributed by atoms with E-state index in [1.54, 1.807) is 0 Å². The largest absolute Gasteiger partial charge is 0.354 e. The molecule has 0 unspecified atom stereocenters. The Kier molecular flexibility index (Phi) is 4.46. The van der Waals surface area contributed by atoms with Crippen LogP contribution in [-0.2, 0) is 21.4 Å². The minimum Gasteiger partial charge on any atom is -0.354 e. The topological polar surface area (TPSA) is 69.7 Å². The van der Waals surface area contributed by atoms with E-state index < -0.39 is 16.0 Å². The summed E-state index contributed by atoms with van der Waals surface area (Å²) in [6, 6.07) is 5.70. The normalized spacial score (nSPS) is 15.4. The van der Waals surface area contributed by atoms with E-state index in [0.29, 0.717) is 5.69 Å². The summed E-state index contributed by atoms with van der Waals surface area (Å²) in [5, 5.41) is 6.47. The Labute approximate surface area is 143 Å². The third-order valence-electron chi connectivity index (χ3n) is 3.75. The Morgan fingerprint density at radius 1 is 1.29 bits per heavy atom. The van der Waals surface area contributed by atoms with Gasteiger partial charge in [0.2, 0.25) is 5.91 Å². The van der Waals surface area contributed by atoms with E-state index in [1.165, 1.54) is 36.6 Å². The summed E-state index contributed by atoms with van der Waals surface area (Å²) in [7, 11) is -2.32. The first-order valence-corrected chi connectivity index (χ1v) is 9.57. The van der Waals surface area contributed by atoms with Gasteiger partial charge >= 0.3 is 10.2 Å². The highest BCUT2D eigenvalue weighted by Gasteiger charge is 2.37. The maximum Gasteiger partial charge on any atom is 0.326 e. The fourth-order valence-corrected chi connectivity index (χ4v) is 4.62. The van der Waals surface area contributed by atoms with Crippen molar-refractivity contribution in [3.05, 3.63) is 46.4 Å². The summed E-state index contributed by atoms with van der Waals surface area (Å²) in [5.74, 6) is -0.691. The van der Waals surface area contributed by atoms with Gasteiger partial charge in [-0.3, -0.25) is 9.10 Å². The molecule has 0 spiro atoms. The van der Waals surface area contributed by atoms with Crippen molar-refractivity contribution in [3.8, 4) is 0 Å². The Bertz CT molecular complexity index is 853. The number of thiophene rings is 1. The monoisotopic (exact) mass is 369 g/mol. The first-order valence-electron chi connectivity index (χ1n) is 7.23. The number of anilines is 2. The van der Waals surface area contributed by atoms with Crippen molar-refractivity contribution in [1.29, 1.82) is 0 Å². The van der Waals surface area contributed by atoms with Crippen LogP contribution in [0.1, 0.15) is 5.56 Å². The van der Waals surface area contributed by atoms with E-state index >= 15 is 0 Å². The molecule has 6 nitrogen and oxygen atoms in total. The number of hydrogen-bond acceptors (Lipinski definition) is 4. The molecule has 2 aromatic rings. The molecule has 0 saturated heterocycles. The number of carbonyl (C=O) groups is 1. The lowest BCUT2D eigenvalue weighted by Gasteiger charge is -2.19. The smallest absolute Gasteiger partial charge is 0.326 e. The average molecular weight is 369 g/mol. The quantitative estimate of drug-likeness (QED) is 0.873. The molecule has 1 aliphatic heterocycles. The van der Waals surface area contributed by atoms with Gasteiger partial charge in [0.15, 0.2) is 0 Å². The van der Waals surface area contributed by atoms with Crippen molar-refractivity contribution in [2.75, 3.05) is 28.7 Å². The van der Waals surface area contributed by atoms with Crippen molar-refractivity contribution in [3.63, 3.8) is 0 Å². The van der Waals surface area contributed by atoms with Crippen LogP contribution in [0.5, 0.6) is 0 Å². The minimum absolute atomic E-state index is 0.0402. The molecule has 2 heterocycles. The number of halogens is 1. The highest BCUT2D eigenvalue weighted by molar-refractivity contribution is 7.94. The van der Waals surface area contributed by atoms with E-state index in [-0.39, 0.29) is 31.1 Å². The predicted molar refractivity (Wildman–Crippen MR) is 92.1 cm³/mol. The van der Waals surface area contributed by atoms with Gasteiger partial charge < -0.3 is 5.32 Å². The lowest BCUT2D eigenvalue weighted by Crippen LogP contribution is -2.41. The van der Waals surface area contributed by atoms with Crippen molar-refractivity contribution in [1.82, 2.24) is 5.32 Å². The number of nitrogens with zero attached hydrogens (tertiary/aromatic N) is 2. The summed E-state index contributed by atoms with van der Waals surface area (Å²) in [6.45, 7) is 0.185. The van der Waals surface area contributed by atoms with Gasteiger partial charge in [0.05, 0.1) is 24.3 Å². The average Bonchev–Trinajstić information content (AvgIpc) is 3.08. The van der Waals surface area contributed by atoms with Crippen molar-refractivity contribution in [2.24, 2.45) is 0 Å². The first kappa shape index (κ1) is 16.7. The summed E-state index contributed by atoms with van der Waals surface area (Å²) < 4.78 is 40.5. The molecule has 0 bridgehead atoms. The molecule has 1 amide bonds. The van der Waals surface area contributed by atoms with Gasteiger partial charge in [-0.25, -0.2) is 8.70 Å². The highest BCUT2D eigenvalue weighted by Crippen LogP contribution is 2.39. The zero-order valence-corrected chi connectivity index (χ0v) is 14.5. The third kappa shape index (κ3) is 3.09. The molecule has 1 aliphatic rings. The minimum atomic E-state index is -3.74. The van der Waals surface area contributed by atoms with Crippen LogP contribution in [0, 0.1) is 5.82 Å². The Morgan fingerprint density at radius 3 is 2.79 bits per heavy atom. The Morgan fingerprint density at radius 2 is 2.08 bits per heavy atom. The van der Waals surface area contributed by atoms with Gasteiger partial charge in [-0.05, 0) is 34.5 Å². The second-order valence-corrected chi connectivity index (χ2v) is 8.00. The summed E-state index contributed by atoms with van der Waals surface area (Å²) in [5.41, 5.74) is 1.61. The summed E-state index contributed by atoms with van der Waals surface area (Å²) in [6.07, 6.45) is 0.251. The molecule has 0 saturated carbocycles. The van der Waals surface area contributed by atoms with Gasteiger partial charge in [0.25, 0.3) is 0 Å². The second kappa shape index (κ2) is 6.40. The van der Waals surface area contributed by atoms with Gasteiger partial charge in [0.1, 0.15) is 5.82 Å². The highest BCUT2D eigenvalue weighted by atomic mass is 32.2. The maximum absolute atomic E-state index is 13.5. The fraction of sp³-hybridized carbons (Fsp3) is 0.267. The lowest BCUT2D eigenvalue weighted by molar-refractivity contribution is -0.120. The number of nitrogens with one attached hydrogen (secondary N) is 1. The van der Waals surface area contributed by atoms with Gasteiger partial charge in [-0.1, -0.05) is 0 Å². The summed E-state index contributed by atoms with van der Waals surface area (Å²) in [4.78, 5) is 11.9. The van der Waals surface area contributed by atoms with Gasteiger partial charge in [0, 0.05) is 19.7 Å². The van der Waals surface area contributed by atoms with Crippen LogP contribution < -0.4 is 13.9 Å². The van der Waals surface area contributed by atoms with Crippen molar-refractivity contribution < 1.29 is 17.6 Å². The zero-order chi connectivity index (χ0) is 17.3. The number of carbonyl (C=O) groups excluding carboxylic acids is 1. The molecule has 128 valence electrons. The predicted octanol–water partition coefficient (Wildman–Crippen LogP) is 1.75. The van der Waals surface area contributed by atoms with Crippen LogP contribution in [0.2, 0.25) is 0 Å². The number of fused-ring (bicyclic) bond motifs is 1. The first-order chi connectivity index (χ1) is 11.4. The SMILES string of the molecule is CN1c2ccc(F)cc2N(CCNC(=O)Cc2ccsc2)S1(=O)=O. The van der Waals surface area contributed by atoms with Gasteiger partial charge in [-0.2, -0.15) is 19.8 Å². The second-order valence-electron chi connectivity index (χ2n) is 5.34. The van der Waals surface area contributed by atoms with Crippen LogP contribution in [-0.4, -0.2) is 34.5 Å². The molecule has 0 aliphatic carbocycles. The molecule has 9 heteroatoms. The van der Waals surface area contributed by atoms with Crippen LogP contribution in [0.4, 0.5) is 15.8 Å². The van der Waals surface area contributed by atoms with Gasteiger partial charge in [-0.15, -0.1) is 0 Å². The third-order valence-corrected chi connectivity index (χ3v) is 6.31. The van der Waals surface area contributed by atoms with Crippen molar-refractivity contribution >= 4 is 38.8 Å². The van der Waals surface area contributed by atoms with E-state index in [1.807, 2.05) is 16.8 Å². The molecule has 0 radical (unpaired) electrons. The molecular formula is C15H16FN3O3S2. The van der Waals surface area contributed by atoms with Crippen LogP contribution in [0.3, 0.4) is 0 Å². The molecule has 1 aromatic heterocycles. The lowest BCUT2D eigenvalue weighted by atomic mass is 10.2. The number of hydrogen-bond donors (Lipinski definition) is 1. The Hall–Kier alpha value is -2.13. The molecule has 0 fully saturated rings. The van der Waals surface area contributed by atoms with Crippen LogP contribution in [0.15, 0.2) is 35.0 Å². The number of benzene rings is 1. The van der Waals surface area contributed by atoms with E-state index in [0.717, 1.165) is 14.2 Å². The molecule has 1 aromatic carbocycles. The molecule has 0 atom stereocenters. The zero-order valence-electron chi connectivity index (χ0n) is 12.9. The van der Waals surface area contributed by atoms with Crippen molar-refractivity contribution in [2.45, 2.75) is 6.42 Å². The fourth-order valence-electron chi connectivity index (χ4n) is 2.53. The van der Waals surface area contributed by atoms with E-state index in [9.17, 15) is 17.6 Å². The summed E-state index contributed by atoms with van der Waals surface area (Å²) >= 11 is 1.51. The van der Waals surface area contributed by atoms with E-state index in [2.05, 4.69) is 5.32 Å². The van der Waals surface area contributed by atoms with E-state index in [4.69, 9.17) is 0 Å². The molecule has 1 N–H and O–H groups in total. The standard InChI is InChI=1S/C15H16FN3O3S2/c1-18-13-3-2-12(16)9-14(13)19(24(18,21)22)6-5-17-15(20)8-11-4-7-23-10-11/h2-4,7,9-10H,5-6,8H2,1H3,(H,17,20). The molecular weight excluding hydrogens is 353 g/mol.